The maximum absolute atomic E-state index is 5.37. The Morgan fingerprint density at radius 3 is 2.63 bits per heavy atom. The second-order valence-electron chi connectivity index (χ2n) is 6.31. The average Bonchev–Trinajstić information content (AvgIpc) is 3.33. The summed E-state index contributed by atoms with van der Waals surface area (Å²) >= 11 is 0. The molecule has 1 saturated heterocycles. The van der Waals surface area contributed by atoms with Crippen LogP contribution in [-0.2, 0) is 6.54 Å². The Labute approximate surface area is 158 Å². The molecule has 1 unspecified atom stereocenters. The van der Waals surface area contributed by atoms with E-state index >= 15 is 0 Å². The van der Waals surface area contributed by atoms with Gasteiger partial charge in [-0.3, -0.25) is 4.99 Å². The number of hydrogen-bond donors (Lipinski definition) is 2. The lowest BCUT2D eigenvalue weighted by Gasteiger charge is -2.21. The Kier molecular flexibility index (Phi) is 6.00. The Hall–Kier alpha value is -2.97. The van der Waals surface area contributed by atoms with Gasteiger partial charge in [-0.25, -0.2) is 0 Å². The van der Waals surface area contributed by atoms with Crippen LogP contribution in [0, 0.1) is 6.92 Å². The summed E-state index contributed by atoms with van der Waals surface area (Å²) in [4.78, 5) is 10.8. The van der Waals surface area contributed by atoms with Crippen molar-refractivity contribution in [1.82, 2.24) is 20.8 Å². The highest BCUT2D eigenvalue weighted by molar-refractivity contribution is 5.80. The molecule has 2 N–H and O–H groups in total. The summed E-state index contributed by atoms with van der Waals surface area (Å²) in [5, 5.41) is 10.4. The molecule has 3 rings (SSSR count). The van der Waals surface area contributed by atoms with Gasteiger partial charge < -0.3 is 29.5 Å². The van der Waals surface area contributed by atoms with E-state index in [-0.39, 0.29) is 6.04 Å². The molecule has 0 amide bonds. The normalized spacial score (nSPS) is 17.1. The van der Waals surface area contributed by atoms with Crippen molar-refractivity contribution in [3.63, 3.8) is 0 Å². The van der Waals surface area contributed by atoms with E-state index in [1.165, 1.54) is 0 Å². The van der Waals surface area contributed by atoms with E-state index in [1.807, 2.05) is 18.2 Å². The van der Waals surface area contributed by atoms with Crippen LogP contribution in [0.5, 0.6) is 11.5 Å². The van der Waals surface area contributed by atoms with Crippen LogP contribution in [0.3, 0.4) is 0 Å². The van der Waals surface area contributed by atoms with Gasteiger partial charge in [-0.15, -0.1) is 0 Å². The zero-order chi connectivity index (χ0) is 19.2. The van der Waals surface area contributed by atoms with Gasteiger partial charge >= 0.3 is 0 Å². The highest BCUT2D eigenvalue weighted by atomic mass is 16.5. The number of aliphatic imine (C=N–C) groups is 1. The third-order valence-corrected chi connectivity index (χ3v) is 4.43. The van der Waals surface area contributed by atoms with Gasteiger partial charge in [0.05, 0.1) is 20.8 Å². The predicted octanol–water partition coefficient (Wildman–Crippen LogP) is 1.34. The summed E-state index contributed by atoms with van der Waals surface area (Å²) in [7, 11) is 5.06. The first kappa shape index (κ1) is 18.8. The van der Waals surface area contributed by atoms with Crippen LogP contribution in [-0.4, -0.2) is 56.5 Å². The van der Waals surface area contributed by atoms with Crippen molar-refractivity contribution in [3.05, 3.63) is 29.9 Å². The van der Waals surface area contributed by atoms with E-state index < -0.39 is 0 Å². The minimum atomic E-state index is 0.276. The van der Waals surface area contributed by atoms with E-state index in [4.69, 9.17) is 14.0 Å². The molecule has 0 bridgehead atoms. The number of methoxy groups -OCH3 is 2. The lowest BCUT2D eigenvalue weighted by molar-refractivity contribution is 0.371. The number of nitrogens with one attached hydrogen (secondary N) is 2. The lowest BCUT2D eigenvalue weighted by atomic mass is 10.2. The number of anilines is 1. The van der Waals surface area contributed by atoms with E-state index in [0.717, 1.165) is 36.7 Å². The SMILES string of the molecule is CN=C(NCc1nc(C)no1)NC1CCN(c2cc(OC)cc(OC)c2)C1. The minimum Gasteiger partial charge on any atom is -0.497 e. The van der Waals surface area contributed by atoms with Gasteiger partial charge in [0.1, 0.15) is 11.5 Å². The summed E-state index contributed by atoms with van der Waals surface area (Å²) in [6, 6.07) is 6.20. The maximum atomic E-state index is 5.37. The number of ether oxygens (including phenoxy) is 2. The fourth-order valence-corrected chi connectivity index (χ4v) is 3.05. The summed E-state index contributed by atoms with van der Waals surface area (Å²) in [6.45, 7) is 4.02. The highest BCUT2D eigenvalue weighted by Crippen LogP contribution is 2.30. The van der Waals surface area contributed by atoms with E-state index in [9.17, 15) is 0 Å². The van der Waals surface area contributed by atoms with Gasteiger partial charge in [0, 0.05) is 50.1 Å². The third kappa shape index (κ3) is 4.81. The smallest absolute Gasteiger partial charge is 0.246 e. The van der Waals surface area contributed by atoms with Crippen molar-refractivity contribution in [2.75, 3.05) is 39.3 Å². The van der Waals surface area contributed by atoms with Crippen molar-refractivity contribution < 1.29 is 14.0 Å². The first-order valence-corrected chi connectivity index (χ1v) is 8.85. The Morgan fingerprint density at radius 1 is 1.30 bits per heavy atom. The van der Waals surface area contributed by atoms with Gasteiger partial charge in [-0.1, -0.05) is 5.16 Å². The van der Waals surface area contributed by atoms with Crippen LogP contribution in [0.4, 0.5) is 5.69 Å². The number of aryl methyl sites for hydroxylation is 1. The van der Waals surface area contributed by atoms with E-state index in [2.05, 4.69) is 30.7 Å². The predicted molar refractivity (Wildman–Crippen MR) is 103 cm³/mol. The number of rotatable bonds is 6. The van der Waals surface area contributed by atoms with E-state index in [1.54, 1.807) is 28.2 Å². The number of aromatic nitrogens is 2. The summed E-state index contributed by atoms with van der Waals surface area (Å²) < 4.78 is 15.8. The van der Waals surface area contributed by atoms with Gasteiger partial charge in [-0.05, 0) is 13.3 Å². The molecule has 1 aliphatic rings. The minimum absolute atomic E-state index is 0.276. The summed E-state index contributed by atoms with van der Waals surface area (Å²) in [6.07, 6.45) is 1.000. The van der Waals surface area contributed by atoms with E-state index in [0.29, 0.717) is 24.2 Å². The molecular weight excluding hydrogens is 348 g/mol. The molecule has 0 radical (unpaired) electrons. The molecular formula is C18H26N6O3. The van der Waals surface area contributed by atoms with Gasteiger partial charge in [0.25, 0.3) is 0 Å². The van der Waals surface area contributed by atoms with Gasteiger partial charge in [0.2, 0.25) is 5.89 Å². The van der Waals surface area contributed by atoms with Crippen LogP contribution in [0.25, 0.3) is 0 Å². The molecule has 1 fully saturated rings. The first-order valence-electron chi connectivity index (χ1n) is 8.85. The van der Waals surface area contributed by atoms with Crippen LogP contribution >= 0.6 is 0 Å². The highest BCUT2D eigenvalue weighted by Gasteiger charge is 2.24. The molecule has 9 nitrogen and oxygen atoms in total. The van der Waals surface area contributed by atoms with Crippen molar-refractivity contribution in [3.8, 4) is 11.5 Å². The fraction of sp³-hybridized carbons (Fsp3) is 0.500. The second kappa shape index (κ2) is 8.61. The van der Waals surface area contributed by atoms with Crippen molar-refractivity contribution in [1.29, 1.82) is 0 Å². The average molecular weight is 374 g/mol. The van der Waals surface area contributed by atoms with Gasteiger partial charge in [0.15, 0.2) is 11.8 Å². The van der Waals surface area contributed by atoms with Crippen LogP contribution < -0.4 is 25.0 Å². The van der Waals surface area contributed by atoms with Crippen molar-refractivity contribution in [2.24, 2.45) is 4.99 Å². The summed E-state index contributed by atoms with van der Waals surface area (Å²) in [5.74, 6) is 3.43. The molecule has 2 heterocycles. The summed E-state index contributed by atoms with van der Waals surface area (Å²) in [5.41, 5.74) is 1.08. The molecule has 1 aliphatic heterocycles. The monoisotopic (exact) mass is 374 g/mol. The lowest BCUT2D eigenvalue weighted by Crippen LogP contribution is -2.44. The molecule has 1 atom stereocenters. The number of guanidine groups is 1. The zero-order valence-corrected chi connectivity index (χ0v) is 16.2. The topological polar surface area (TPSA) is 97.0 Å². The Bertz CT molecular complexity index is 769. The van der Waals surface area contributed by atoms with Crippen LogP contribution in [0.15, 0.2) is 27.7 Å². The third-order valence-electron chi connectivity index (χ3n) is 4.43. The first-order chi connectivity index (χ1) is 13.1. The molecule has 2 aromatic rings. The molecule has 0 spiro atoms. The van der Waals surface area contributed by atoms with Crippen LogP contribution in [0.2, 0.25) is 0 Å². The number of hydrogen-bond acceptors (Lipinski definition) is 7. The quantitative estimate of drug-likeness (QED) is 0.578. The molecule has 0 saturated carbocycles. The van der Waals surface area contributed by atoms with Crippen LogP contribution in [0.1, 0.15) is 18.1 Å². The number of benzene rings is 1. The molecule has 0 aliphatic carbocycles. The largest absolute Gasteiger partial charge is 0.497 e. The molecule has 1 aromatic carbocycles. The second-order valence-corrected chi connectivity index (χ2v) is 6.31. The Balaban J connectivity index is 1.57. The molecule has 146 valence electrons. The fourth-order valence-electron chi connectivity index (χ4n) is 3.05. The van der Waals surface area contributed by atoms with Crippen molar-refractivity contribution >= 4 is 11.6 Å². The maximum Gasteiger partial charge on any atom is 0.246 e. The van der Waals surface area contributed by atoms with Crippen molar-refractivity contribution in [2.45, 2.75) is 25.9 Å². The molecule has 9 heteroatoms. The standard InChI is InChI=1S/C18H26N6O3/c1-12-21-17(27-23-12)10-20-18(19-2)22-13-5-6-24(11-13)14-7-15(25-3)9-16(8-14)26-4/h7-9,13H,5-6,10-11H2,1-4H3,(H2,19,20,22). The van der Waals surface area contributed by atoms with Gasteiger partial charge in [-0.2, -0.15) is 4.98 Å². The molecule has 27 heavy (non-hydrogen) atoms. The Morgan fingerprint density at radius 2 is 2.04 bits per heavy atom. The molecule has 1 aromatic heterocycles. The zero-order valence-electron chi connectivity index (χ0n) is 16.2. The number of nitrogens with zero attached hydrogens (tertiary/aromatic N) is 4.